The maximum atomic E-state index is 4.58. The van der Waals surface area contributed by atoms with E-state index in [1.807, 2.05) is 6.20 Å². The molecule has 1 aliphatic heterocycles. The standard InChI is InChI=1S/C19H22N6/c1-2-4-15(5-3-1)12-24-9-8-20-17(24)13-23-10-11-25-18(14-23)21-22-19(25)16-6-7-16/h1-5,8-9,16H,6-7,10-14H2. The minimum Gasteiger partial charge on any atom is -0.329 e. The third kappa shape index (κ3) is 2.98. The smallest absolute Gasteiger partial charge is 0.147 e. The van der Waals surface area contributed by atoms with Crippen LogP contribution in [0.5, 0.6) is 0 Å². The second-order valence-electron chi connectivity index (χ2n) is 7.07. The van der Waals surface area contributed by atoms with Gasteiger partial charge in [-0.2, -0.15) is 0 Å². The summed E-state index contributed by atoms with van der Waals surface area (Å²) in [5, 5.41) is 8.86. The molecule has 0 unspecified atom stereocenters. The van der Waals surface area contributed by atoms with E-state index in [0.29, 0.717) is 5.92 Å². The van der Waals surface area contributed by atoms with Crippen LogP contribution >= 0.6 is 0 Å². The van der Waals surface area contributed by atoms with Crippen LogP contribution in [0.3, 0.4) is 0 Å². The lowest BCUT2D eigenvalue weighted by Gasteiger charge is -2.27. The van der Waals surface area contributed by atoms with Gasteiger partial charge in [-0.3, -0.25) is 4.90 Å². The fraction of sp³-hybridized carbons (Fsp3) is 0.421. The topological polar surface area (TPSA) is 51.8 Å². The summed E-state index contributed by atoms with van der Waals surface area (Å²) in [5.74, 6) is 4.09. The van der Waals surface area contributed by atoms with Gasteiger partial charge >= 0.3 is 0 Å². The molecule has 2 aliphatic rings. The van der Waals surface area contributed by atoms with Gasteiger partial charge in [0.2, 0.25) is 0 Å². The maximum absolute atomic E-state index is 4.58. The number of hydrogen-bond acceptors (Lipinski definition) is 4. The molecule has 3 aromatic rings. The molecule has 128 valence electrons. The summed E-state index contributed by atoms with van der Waals surface area (Å²) in [5.41, 5.74) is 1.30. The molecule has 0 radical (unpaired) electrons. The molecule has 3 heterocycles. The van der Waals surface area contributed by atoms with Crippen LogP contribution in [0.25, 0.3) is 0 Å². The van der Waals surface area contributed by atoms with E-state index < -0.39 is 0 Å². The summed E-state index contributed by atoms with van der Waals surface area (Å²) >= 11 is 0. The van der Waals surface area contributed by atoms with Crippen LogP contribution in [0.4, 0.5) is 0 Å². The molecule has 1 aromatic carbocycles. The van der Waals surface area contributed by atoms with Gasteiger partial charge in [0.15, 0.2) is 0 Å². The molecule has 0 amide bonds. The van der Waals surface area contributed by atoms with Crippen LogP contribution in [0.15, 0.2) is 42.7 Å². The van der Waals surface area contributed by atoms with Gasteiger partial charge in [-0.15, -0.1) is 10.2 Å². The zero-order valence-electron chi connectivity index (χ0n) is 14.3. The van der Waals surface area contributed by atoms with Gasteiger partial charge in [0, 0.05) is 37.9 Å². The van der Waals surface area contributed by atoms with Crippen molar-refractivity contribution in [3.8, 4) is 0 Å². The number of rotatable bonds is 5. The maximum Gasteiger partial charge on any atom is 0.147 e. The fourth-order valence-corrected chi connectivity index (χ4v) is 3.62. The lowest BCUT2D eigenvalue weighted by molar-refractivity contribution is 0.200. The van der Waals surface area contributed by atoms with Gasteiger partial charge in [0.25, 0.3) is 0 Å². The minimum atomic E-state index is 0.664. The molecule has 0 spiro atoms. The van der Waals surface area contributed by atoms with E-state index in [0.717, 1.165) is 44.4 Å². The Hall–Kier alpha value is -2.47. The van der Waals surface area contributed by atoms with Crippen LogP contribution in [0.1, 0.15) is 41.8 Å². The van der Waals surface area contributed by atoms with Crippen LogP contribution in [0.2, 0.25) is 0 Å². The Morgan fingerprint density at radius 1 is 1.00 bits per heavy atom. The van der Waals surface area contributed by atoms with Crippen molar-refractivity contribution in [1.82, 2.24) is 29.2 Å². The summed E-state index contributed by atoms with van der Waals surface area (Å²) in [4.78, 5) is 7.01. The molecule has 1 fully saturated rings. The summed E-state index contributed by atoms with van der Waals surface area (Å²) < 4.78 is 4.58. The minimum absolute atomic E-state index is 0.664. The van der Waals surface area contributed by atoms with Crippen molar-refractivity contribution in [3.05, 3.63) is 65.8 Å². The molecule has 1 saturated carbocycles. The number of imidazole rings is 1. The molecule has 0 saturated heterocycles. The largest absolute Gasteiger partial charge is 0.329 e. The van der Waals surface area contributed by atoms with Gasteiger partial charge in [0.1, 0.15) is 17.5 Å². The van der Waals surface area contributed by atoms with E-state index in [1.54, 1.807) is 0 Å². The SMILES string of the molecule is c1ccc(Cn2ccnc2CN2CCn3c(nnc3C3CC3)C2)cc1. The monoisotopic (exact) mass is 334 g/mol. The molecule has 0 N–H and O–H groups in total. The van der Waals surface area contributed by atoms with Gasteiger partial charge in [-0.05, 0) is 18.4 Å². The summed E-state index contributed by atoms with van der Waals surface area (Å²) in [6.45, 7) is 4.60. The summed E-state index contributed by atoms with van der Waals surface area (Å²) in [6.07, 6.45) is 6.52. The Kier molecular flexibility index (Phi) is 3.63. The number of fused-ring (bicyclic) bond motifs is 1. The third-order valence-electron chi connectivity index (χ3n) is 5.17. The van der Waals surface area contributed by atoms with Crippen molar-refractivity contribution in [2.24, 2.45) is 0 Å². The lowest BCUT2D eigenvalue weighted by atomic mass is 10.2. The van der Waals surface area contributed by atoms with E-state index in [9.17, 15) is 0 Å². The zero-order chi connectivity index (χ0) is 16.6. The van der Waals surface area contributed by atoms with E-state index in [2.05, 4.69) is 65.7 Å². The van der Waals surface area contributed by atoms with Crippen molar-refractivity contribution in [2.45, 2.75) is 44.9 Å². The Morgan fingerprint density at radius 2 is 1.88 bits per heavy atom. The number of nitrogens with zero attached hydrogens (tertiary/aromatic N) is 6. The van der Waals surface area contributed by atoms with E-state index >= 15 is 0 Å². The Balaban J connectivity index is 1.29. The highest BCUT2D eigenvalue weighted by Gasteiger charge is 2.32. The Labute approximate surface area is 147 Å². The lowest BCUT2D eigenvalue weighted by Crippen LogP contribution is -2.34. The van der Waals surface area contributed by atoms with E-state index in [1.165, 1.54) is 24.2 Å². The normalized spacial score (nSPS) is 17.6. The highest BCUT2D eigenvalue weighted by molar-refractivity contribution is 5.16. The van der Waals surface area contributed by atoms with Crippen LogP contribution in [-0.4, -0.2) is 35.8 Å². The number of hydrogen-bond donors (Lipinski definition) is 0. The molecule has 6 heteroatoms. The fourth-order valence-electron chi connectivity index (χ4n) is 3.62. The zero-order valence-corrected chi connectivity index (χ0v) is 14.3. The first kappa shape index (κ1) is 14.8. The molecule has 5 rings (SSSR count). The summed E-state index contributed by atoms with van der Waals surface area (Å²) in [7, 11) is 0. The second kappa shape index (κ2) is 6.11. The molecule has 0 atom stereocenters. The molecule has 0 bridgehead atoms. The first-order chi connectivity index (χ1) is 12.4. The predicted molar refractivity (Wildman–Crippen MR) is 93.9 cm³/mol. The van der Waals surface area contributed by atoms with Gasteiger partial charge in [-0.25, -0.2) is 4.98 Å². The molecular formula is C19H22N6. The van der Waals surface area contributed by atoms with E-state index in [-0.39, 0.29) is 0 Å². The van der Waals surface area contributed by atoms with Crippen molar-refractivity contribution in [1.29, 1.82) is 0 Å². The quantitative estimate of drug-likeness (QED) is 0.719. The molecule has 2 aromatic heterocycles. The first-order valence-corrected chi connectivity index (χ1v) is 9.05. The molecule has 1 aliphatic carbocycles. The van der Waals surface area contributed by atoms with Crippen molar-refractivity contribution in [2.75, 3.05) is 6.54 Å². The Morgan fingerprint density at radius 3 is 2.72 bits per heavy atom. The van der Waals surface area contributed by atoms with Crippen molar-refractivity contribution in [3.63, 3.8) is 0 Å². The predicted octanol–water partition coefficient (Wildman–Crippen LogP) is 2.42. The van der Waals surface area contributed by atoms with E-state index in [4.69, 9.17) is 0 Å². The Bertz CT molecular complexity index is 861. The number of aromatic nitrogens is 5. The summed E-state index contributed by atoms with van der Waals surface area (Å²) in [6, 6.07) is 10.5. The number of benzene rings is 1. The first-order valence-electron chi connectivity index (χ1n) is 9.05. The highest BCUT2D eigenvalue weighted by Crippen LogP contribution is 2.39. The van der Waals surface area contributed by atoms with Gasteiger partial charge in [0.05, 0.1) is 13.1 Å². The van der Waals surface area contributed by atoms with Crippen LogP contribution in [-0.2, 0) is 26.2 Å². The van der Waals surface area contributed by atoms with Gasteiger partial charge in [-0.1, -0.05) is 30.3 Å². The second-order valence-corrected chi connectivity index (χ2v) is 7.07. The van der Waals surface area contributed by atoms with Crippen molar-refractivity contribution < 1.29 is 0 Å². The molecule has 25 heavy (non-hydrogen) atoms. The average Bonchev–Trinajstić information content (AvgIpc) is 3.26. The average molecular weight is 334 g/mol. The molecule has 6 nitrogen and oxygen atoms in total. The van der Waals surface area contributed by atoms with Crippen molar-refractivity contribution >= 4 is 0 Å². The van der Waals surface area contributed by atoms with Crippen LogP contribution in [0, 0.1) is 0 Å². The van der Waals surface area contributed by atoms with Gasteiger partial charge < -0.3 is 9.13 Å². The molecular weight excluding hydrogens is 312 g/mol. The third-order valence-corrected chi connectivity index (χ3v) is 5.17. The van der Waals surface area contributed by atoms with Crippen LogP contribution < -0.4 is 0 Å². The highest BCUT2D eigenvalue weighted by atomic mass is 15.3.